The Labute approximate surface area is 121 Å². The Balaban J connectivity index is 1.75. The van der Waals surface area contributed by atoms with E-state index >= 15 is 0 Å². The number of benzene rings is 1. The van der Waals surface area contributed by atoms with Crippen molar-refractivity contribution in [3.8, 4) is 0 Å². The summed E-state index contributed by atoms with van der Waals surface area (Å²) in [5, 5.41) is 0.635. The van der Waals surface area contributed by atoms with Gasteiger partial charge in [0.2, 0.25) is 6.20 Å². The quantitative estimate of drug-likeness (QED) is 0.849. The lowest BCUT2D eigenvalue weighted by Crippen LogP contribution is -2.44. The van der Waals surface area contributed by atoms with Gasteiger partial charge in [0.05, 0.1) is 4.88 Å². The number of halogens is 1. The van der Waals surface area contributed by atoms with E-state index in [0.717, 1.165) is 12.8 Å². The maximum atomic E-state index is 12.1. The Morgan fingerprint density at radius 1 is 1.21 bits per heavy atom. The molecule has 19 heavy (non-hydrogen) atoms. The Bertz CT molecular complexity index is 583. The molecule has 98 valence electrons. The summed E-state index contributed by atoms with van der Waals surface area (Å²) >= 11 is 7.43. The van der Waals surface area contributed by atoms with Crippen molar-refractivity contribution in [2.45, 2.75) is 25.7 Å². The molecule has 1 aliphatic carbocycles. The van der Waals surface area contributed by atoms with Gasteiger partial charge in [-0.3, -0.25) is 4.79 Å². The van der Waals surface area contributed by atoms with Crippen LogP contribution >= 0.6 is 23.1 Å². The van der Waals surface area contributed by atoms with Gasteiger partial charge in [0.1, 0.15) is 0 Å². The summed E-state index contributed by atoms with van der Waals surface area (Å²) in [5.41, 5.74) is 4.87. The van der Waals surface area contributed by atoms with Gasteiger partial charge < -0.3 is 0 Å². The molecule has 1 aromatic carbocycles. The van der Waals surface area contributed by atoms with Gasteiger partial charge in [-0.15, -0.1) is 5.43 Å². The third-order valence-corrected chi connectivity index (χ3v) is 4.59. The van der Waals surface area contributed by atoms with Crippen molar-refractivity contribution in [3.63, 3.8) is 0 Å². The highest BCUT2D eigenvalue weighted by molar-refractivity contribution is 7.02. The number of carbonyl (C=O) groups excluding carboxylic acids is 1. The second-order valence-corrected chi connectivity index (χ2v) is 6.15. The van der Waals surface area contributed by atoms with E-state index in [1.807, 2.05) is 10.3 Å². The maximum Gasteiger partial charge on any atom is 0.306 e. The Morgan fingerprint density at radius 3 is 2.68 bits per heavy atom. The fourth-order valence-electron chi connectivity index (χ4n) is 2.25. The molecule has 1 N–H and O–H groups in total. The normalized spacial score (nSPS) is 13.9. The Morgan fingerprint density at radius 2 is 1.95 bits per heavy atom. The summed E-state index contributed by atoms with van der Waals surface area (Å²) in [6.45, 7) is 0. The number of aromatic nitrogens is 1. The largest absolute Gasteiger partial charge is 0.306 e. The standard InChI is InChI=1S/C14H13ClN2OS/c15-12-7-5-10(6-8-12)14(18)16-17-9-11-3-1-2-4-13(11)19-17/h5-9H,1-4H2/p+1. The van der Waals surface area contributed by atoms with E-state index in [1.54, 1.807) is 35.8 Å². The molecule has 0 saturated carbocycles. The molecule has 0 fully saturated rings. The van der Waals surface area contributed by atoms with Gasteiger partial charge in [0.25, 0.3) is 0 Å². The van der Waals surface area contributed by atoms with Crippen molar-refractivity contribution in [1.82, 2.24) is 0 Å². The summed E-state index contributed by atoms with van der Waals surface area (Å²) in [6, 6.07) is 6.90. The molecule has 2 aromatic rings. The van der Waals surface area contributed by atoms with Crippen molar-refractivity contribution in [2.24, 2.45) is 0 Å². The molecule has 0 aliphatic heterocycles. The van der Waals surface area contributed by atoms with Crippen LogP contribution in [0, 0.1) is 0 Å². The van der Waals surface area contributed by atoms with Crippen LogP contribution < -0.4 is 9.49 Å². The number of hydrogen-bond acceptors (Lipinski definition) is 2. The van der Waals surface area contributed by atoms with Gasteiger partial charge in [0.15, 0.2) is 11.5 Å². The van der Waals surface area contributed by atoms with Gasteiger partial charge in [-0.05, 0) is 54.0 Å². The van der Waals surface area contributed by atoms with E-state index in [1.165, 1.54) is 23.3 Å². The van der Waals surface area contributed by atoms with E-state index in [9.17, 15) is 4.79 Å². The van der Waals surface area contributed by atoms with Crippen molar-refractivity contribution >= 4 is 29.0 Å². The first-order chi connectivity index (χ1) is 9.22. The molecule has 1 aromatic heterocycles. The summed E-state index contributed by atoms with van der Waals surface area (Å²) in [4.78, 5) is 13.5. The van der Waals surface area contributed by atoms with Crippen molar-refractivity contribution in [1.29, 1.82) is 0 Å². The molecule has 3 rings (SSSR count). The highest BCUT2D eigenvalue weighted by Gasteiger charge is 2.21. The molecule has 3 nitrogen and oxygen atoms in total. The van der Waals surface area contributed by atoms with Crippen LogP contribution in [0.4, 0.5) is 0 Å². The number of aryl methyl sites for hydroxylation is 2. The third-order valence-electron chi connectivity index (χ3n) is 3.26. The van der Waals surface area contributed by atoms with E-state index < -0.39 is 0 Å². The molecule has 0 spiro atoms. The Kier molecular flexibility index (Phi) is 3.53. The summed E-state index contributed by atoms with van der Waals surface area (Å²) in [7, 11) is 0. The first-order valence-corrected chi connectivity index (χ1v) is 7.48. The van der Waals surface area contributed by atoms with E-state index in [4.69, 9.17) is 11.6 Å². The molecule has 1 heterocycles. The average molecular weight is 294 g/mol. The molecule has 0 saturated heterocycles. The topological polar surface area (TPSA) is 33.0 Å². The molecule has 0 atom stereocenters. The van der Waals surface area contributed by atoms with E-state index in [0.29, 0.717) is 10.6 Å². The number of hydrogen-bond donors (Lipinski definition) is 1. The number of rotatable bonds is 2. The first kappa shape index (κ1) is 12.6. The minimum atomic E-state index is -0.111. The molecule has 0 radical (unpaired) electrons. The fourth-order valence-corrected chi connectivity index (χ4v) is 3.43. The van der Waals surface area contributed by atoms with Crippen LogP contribution in [-0.2, 0) is 12.8 Å². The molecular formula is C14H14ClN2OS+. The SMILES string of the molecule is O=C(N[n+]1cc2c(s1)CCCC2)c1ccc(Cl)cc1. The zero-order valence-corrected chi connectivity index (χ0v) is 11.9. The van der Waals surface area contributed by atoms with Gasteiger partial charge >= 0.3 is 5.91 Å². The smallest absolute Gasteiger partial charge is 0.263 e. The van der Waals surface area contributed by atoms with Crippen LogP contribution in [0.25, 0.3) is 0 Å². The highest BCUT2D eigenvalue weighted by Crippen LogP contribution is 2.22. The van der Waals surface area contributed by atoms with Crippen molar-refractivity contribution in [2.75, 3.05) is 5.43 Å². The molecule has 5 heteroatoms. The highest BCUT2D eigenvalue weighted by atomic mass is 35.5. The summed E-state index contributed by atoms with van der Waals surface area (Å²) in [6.07, 6.45) is 6.78. The van der Waals surface area contributed by atoms with E-state index in [2.05, 4.69) is 5.43 Å². The number of nitrogens with zero attached hydrogens (tertiary/aromatic N) is 1. The van der Waals surface area contributed by atoms with Crippen LogP contribution in [0.2, 0.25) is 5.02 Å². The van der Waals surface area contributed by atoms with Gasteiger partial charge in [-0.1, -0.05) is 11.6 Å². The van der Waals surface area contributed by atoms with Crippen molar-refractivity contribution < 1.29 is 8.86 Å². The molecule has 1 amide bonds. The predicted octanol–water partition coefficient (Wildman–Crippen LogP) is 2.95. The second kappa shape index (κ2) is 5.31. The van der Waals surface area contributed by atoms with Gasteiger partial charge in [-0.25, -0.2) is 0 Å². The maximum absolute atomic E-state index is 12.1. The zero-order valence-electron chi connectivity index (χ0n) is 10.4. The molecular weight excluding hydrogens is 280 g/mol. The fraction of sp³-hybridized carbons (Fsp3) is 0.286. The van der Waals surface area contributed by atoms with Gasteiger partial charge in [0, 0.05) is 16.1 Å². The lowest BCUT2D eigenvalue weighted by Gasteiger charge is -2.04. The van der Waals surface area contributed by atoms with Crippen LogP contribution in [0.3, 0.4) is 0 Å². The minimum Gasteiger partial charge on any atom is -0.263 e. The lowest BCUT2D eigenvalue weighted by molar-refractivity contribution is -0.569. The predicted molar refractivity (Wildman–Crippen MR) is 76.3 cm³/mol. The van der Waals surface area contributed by atoms with E-state index in [-0.39, 0.29) is 5.91 Å². The first-order valence-electron chi connectivity index (χ1n) is 6.33. The number of fused-ring (bicyclic) bond motifs is 1. The number of carbonyl (C=O) groups is 1. The monoisotopic (exact) mass is 293 g/mol. The van der Waals surface area contributed by atoms with Crippen LogP contribution in [0.5, 0.6) is 0 Å². The van der Waals surface area contributed by atoms with Crippen LogP contribution in [0.15, 0.2) is 30.5 Å². The molecule has 0 bridgehead atoms. The van der Waals surface area contributed by atoms with Crippen LogP contribution in [-0.4, -0.2) is 5.91 Å². The summed E-state index contributed by atoms with van der Waals surface area (Å²) in [5.74, 6) is -0.111. The number of amides is 1. The lowest BCUT2D eigenvalue weighted by atomic mass is 10.0. The molecule has 0 unspecified atom stereocenters. The van der Waals surface area contributed by atoms with Crippen LogP contribution in [0.1, 0.15) is 33.6 Å². The Hall–Kier alpha value is -1.39. The zero-order chi connectivity index (χ0) is 13.2. The minimum absolute atomic E-state index is 0.111. The summed E-state index contributed by atoms with van der Waals surface area (Å²) < 4.78 is 1.81. The molecule has 1 aliphatic rings. The van der Waals surface area contributed by atoms with Crippen molar-refractivity contribution in [3.05, 3.63) is 51.5 Å². The van der Waals surface area contributed by atoms with Gasteiger partial charge in [-0.2, -0.15) is 0 Å². The third kappa shape index (κ3) is 2.80. The average Bonchev–Trinajstić information content (AvgIpc) is 2.81. The number of nitrogens with one attached hydrogen (secondary N) is 1. The second-order valence-electron chi connectivity index (χ2n) is 4.65.